The Labute approximate surface area is 77.7 Å². The second-order valence-electron chi connectivity index (χ2n) is 3.67. The summed E-state index contributed by atoms with van der Waals surface area (Å²) >= 11 is 0. The normalized spacial score (nSPS) is 13.2. The maximum atomic E-state index is 5.54. The van der Waals surface area contributed by atoms with Gasteiger partial charge in [0.2, 0.25) is 0 Å². The number of hydrogen-bond donors (Lipinski definition) is 1. The summed E-state index contributed by atoms with van der Waals surface area (Å²) in [5, 5.41) is 0. The van der Waals surface area contributed by atoms with Crippen LogP contribution >= 0.6 is 0 Å². The minimum atomic E-state index is 0.153. The van der Waals surface area contributed by atoms with Gasteiger partial charge in [0.05, 0.1) is 0 Å². The summed E-state index contributed by atoms with van der Waals surface area (Å²) in [7, 11) is 0. The van der Waals surface area contributed by atoms with Crippen molar-refractivity contribution in [3.05, 3.63) is 6.92 Å². The fourth-order valence-electron chi connectivity index (χ4n) is 1.36. The van der Waals surface area contributed by atoms with E-state index >= 15 is 0 Å². The number of nitrogens with two attached hydrogens (primary N) is 1. The summed E-state index contributed by atoms with van der Waals surface area (Å²) in [6.45, 7) is 6.02. The third-order valence-electron chi connectivity index (χ3n) is 2.18. The molecule has 0 rings (SSSR count). The Morgan fingerprint density at radius 2 is 1.50 bits per heavy atom. The molecule has 0 saturated heterocycles. The van der Waals surface area contributed by atoms with Crippen LogP contribution in [0.5, 0.6) is 0 Å². The molecular formula is C11H24N. The highest BCUT2D eigenvalue weighted by Gasteiger charge is 1.94. The van der Waals surface area contributed by atoms with Crippen molar-refractivity contribution in [3.63, 3.8) is 0 Å². The van der Waals surface area contributed by atoms with E-state index in [1.165, 1.54) is 44.9 Å². The van der Waals surface area contributed by atoms with E-state index in [2.05, 4.69) is 13.8 Å². The minimum absolute atomic E-state index is 0.153. The summed E-state index contributed by atoms with van der Waals surface area (Å²) < 4.78 is 0. The lowest BCUT2D eigenvalue weighted by Crippen LogP contribution is -2.14. The molecule has 0 aromatic rings. The lowest BCUT2D eigenvalue weighted by Gasteiger charge is -2.03. The van der Waals surface area contributed by atoms with E-state index in [-0.39, 0.29) is 6.04 Å². The molecule has 0 aliphatic rings. The van der Waals surface area contributed by atoms with Crippen molar-refractivity contribution in [3.8, 4) is 0 Å². The summed E-state index contributed by atoms with van der Waals surface area (Å²) in [6, 6.07) is 0.153. The largest absolute Gasteiger partial charge is 0.328 e. The van der Waals surface area contributed by atoms with Gasteiger partial charge in [-0.25, -0.2) is 0 Å². The molecule has 0 fully saturated rings. The maximum absolute atomic E-state index is 5.54. The van der Waals surface area contributed by atoms with Gasteiger partial charge in [-0.2, -0.15) is 0 Å². The molecule has 1 heteroatoms. The number of rotatable bonds is 8. The van der Waals surface area contributed by atoms with Crippen molar-refractivity contribution in [2.24, 2.45) is 5.73 Å². The van der Waals surface area contributed by atoms with Crippen molar-refractivity contribution in [2.45, 2.75) is 64.3 Å². The van der Waals surface area contributed by atoms with Crippen LogP contribution in [0.1, 0.15) is 58.3 Å². The van der Waals surface area contributed by atoms with E-state index in [0.29, 0.717) is 0 Å². The molecule has 0 spiro atoms. The van der Waals surface area contributed by atoms with Crippen molar-refractivity contribution in [2.75, 3.05) is 0 Å². The second kappa shape index (κ2) is 9.05. The summed E-state index contributed by atoms with van der Waals surface area (Å²) in [4.78, 5) is 0. The van der Waals surface area contributed by atoms with Crippen LogP contribution in [0.3, 0.4) is 0 Å². The number of hydrogen-bond acceptors (Lipinski definition) is 1. The maximum Gasteiger partial charge on any atom is 0.00394 e. The number of unbranched alkanes of at least 4 members (excludes halogenated alkanes) is 6. The highest BCUT2D eigenvalue weighted by Crippen LogP contribution is 2.08. The van der Waals surface area contributed by atoms with Crippen LogP contribution in [0.4, 0.5) is 0 Å². The molecule has 1 nitrogen and oxygen atoms in total. The molecule has 1 radical (unpaired) electrons. The Morgan fingerprint density at radius 1 is 1.00 bits per heavy atom. The molecule has 1 unspecified atom stereocenters. The smallest absolute Gasteiger partial charge is 0.00394 e. The van der Waals surface area contributed by atoms with Gasteiger partial charge in [-0.3, -0.25) is 0 Å². The van der Waals surface area contributed by atoms with Crippen molar-refractivity contribution in [1.29, 1.82) is 0 Å². The monoisotopic (exact) mass is 170 g/mol. The van der Waals surface area contributed by atoms with E-state index in [9.17, 15) is 0 Å². The SMILES string of the molecule is [CH2]C(N)CCCCCCCCC. The van der Waals surface area contributed by atoms with Crippen LogP contribution in [0, 0.1) is 6.92 Å². The van der Waals surface area contributed by atoms with Gasteiger partial charge in [0.25, 0.3) is 0 Å². The molecule has 0 aliphatic heterocycles. The van der Waals surface area contributed by atoms with E-state index in [4.69, 9.17) is 5.73 Å². The van der Waals surface area contributed by atoms with Gasteiger partial charge in [-0.1, -0.05) is 51.9 Å². The Kier molecular flexibility index (Phi) is 9.02. The van der Waals surface area contributed by atoms with Crippen LogP contribution in [-0.2, 0) is 0 Å². The molecule has 73 valence electrons. The molecule has 0 saturated carbocycles. The van der Waals surface area contributed by atoms with Crippen LogP contribution < -0.4 is 5.73 Å². The zero-order valence-corrected chi connectivity index (χ0v) is 8.52. The quantitative estimate of drug-likeness (QED) is 0.556. The van der Waals surface area contributed by atoms with Crippen LogP contribution in [0.25, 0.3) is 0 Å². The molecular weight excluding hydrogens is 146 g/mol. The predicted octanol–water partition coefficient (Wildman–Crippen LogP) is 3.29. The third-order valence-corrected chi connectivity index (χ3v) is 2.18. The molecule has 12 heavy (non-hydrogen) atoms. The molecule has 0 aliphatic carbocycles. The molecule has 0 aromatic carbocycles. The van der Waals surface area contributed by atoms with Gasteiger partial charge >= 0.3 is 0 Å². The molecule has 0 aromatic heterocycles. The summed E-state index contributed by atoms with van der Waals surface area (Å²) in [6.07, 6.45) is 10.6. The Bertz CT molecular complexity index is 79.1. The standard InChI is InChI=1S/C11H24N/c1-3-4-5-6-7-8-9-10-11(2)12/h11H,2-10,12H2,1H3. The zero-order valence-electron chi connectivity index (χ0n) is 8.52. The first-order chi connectivity index (χ1) is 5.77. The van der Waals surface area contributed by atoms with Crippen LogP contribution in [-0.4, -0.2) is 6.04 Å². The average Bonchev–Trinajstić information content (AvgIpc) is 2.02. The van der Waals surface area contributed by atoms with Gasteiger partial charge < -0.3 is 5.73 Å². The van der Waals surface area contributed by atoms with E-state index in [1.807, 2.05) is 0 Å². The fourth-order valence-corrected chi connectivity index (χ4v) is 1.36. The molecule has 0 heterocycles. The van der Waals surface area contributed by atoms with Crippen LogP contribution in [0.15, 0.2) is 0 Å². The van der Waals surface area contributed by atoms with Gasteiger partial charge in [0, 0.05) is 6.04 Å². The molecule has 2 N–H and O–H groups in total. The topological polar surface area (TPSA) is 26.0 Å². The summed E-state index contributed by atoms with van der Waals surface area (Å²) in [5.41, 5.74) is 5.54. The molecule has 1 atom stereocenters. The van der Waals surface area contributed by atoms with E-state index < -0.39 is 0 Å². The Hall–Kier alpha value is -0.0400. The average molecular weight is 170 g/mol. The zero-order chi connectivity index (χ0) is 9.23. The molecule has 0 bridgehead atoms. The first-order valence-corrected chi connectivity index (χ1v) is 5.36. The lowest BCUT2D eigenvalue weighted by molar-refractivity contribution is 0.560. The Balaban J connectivity index is 2.82. The van der Waals surface area contributed by atoms with Crippen molar-refractivity contribution < 1.29 is 0 Å². The second-order valence-corrected chi connectivity index (χ2v) is 3.67. The first-order valence-electron chi connectivity index (χ1n) is 5.36. The van der Waals surface area contributed by atoms with Gasteiger partial charge in [0.1, 0.15) is 0 Å². The predicted molar refractivity (Wildman–Crippen MR) is 55.9 cm³/mol. The molecule has 0 amide bonds. The van der Waals surface area contributed by atoms with Crippen LogP contribution in [0.2, 0.25) is 0 Å². The Morgan fingerprint density at radius 3 is 2.00 bits per heavy atom. The van der Waals surface area contributed by atoms with Crippen molar-refractivity contribution >= 4 is 0 Å². The summed E-state index contributed by atoms with van der Waals surface area (Å²) in [5.74, 6) is 0. The highest BCUT2D eigenvalue weighted by atomic mass is 14.6. The van der Waals surface area contributed by atoms with Gasteiger partial charge in [0.15, 0.2) is 0 Å². The fraction of sp³-hybridized carbons (Fsp3) is 0.909. The lowest BCUT2D eigenvalue weighted by atomic mass is 10.1. The van der Waals surface area contributed by atoms with Gasteiger partial charge in [-0.05, 0) is 13.3 Å². The minimum Gasteiger partial charge on any atom is -0.328 e. The highest BCUT2D eigenvalue weighted by molar-refractivity contribution is 4.61. The first kappa shape index (κ1) is 12.0. The van der Waals surface area contributed by atoms with E-state index in [0.717, 1.165) is 6.42 Å². The van der Waals surface area contributed by atoms with E-state index in [1.54, 1.807) is 0 Å². The van der Waals surface area contributed by atoms with Gasteiger partial charge in [-0.15, -0.1) is 0 Å². The third kappa shape index (κ3) is 9.96. The van der Waals surface area contributed by atoms with Crippen molar-refractivity contribution in [1.82, 2.24) is 0 Å².